The number of carbonyl (C=O) groups is 1. The Morgan fingerprint density at radius 2 is 2.07 bits per heavy atom. The summed E-state index contributed by atoms with van der Waals surface area (Å²) in [6.45, 7) is 2.49. The van der Waals surface area contributed by atoms with Gasteiger partial charge in [-0.1, -0.05) is 30.3 Å². The fraction of sp³-hybridized carbons (Fsp3) is 0.417. The molecule has 0 aliphatic rings. The first-order valence-electron chi connectivity index (χ1n) is 5.04. The van der Waals surface area contributed by atoms with Gasteiger partial charge in [0.15, 0.2) is 0 Å². The molecule has 15 heavy (non-hydrogen) atoms. The molecule has 0 amide bonds. The molecule has 0 bridgehead atoms. The van der Waals surface area contributed by atoms with E-state index >= 15 is 0 Å². The fourth-order valence-electron chi connectivity index (χ4n) is 1.17. The van der Waals surface area contributed by atoms with E-state index in [4.69, 9.17) is 9.84 Å². The second-order valence-electron chi connectivity index (χ2n) is 3.55. The molecular weight excluding hydrogens is 192 g/mol. The van der Waals surface area contributed by atoms with Crippen molar-refractivity contribution in [2.45, 2.75) is 13.3 Å². The van der Waals surface area contributed by atoms with Crippen LogP contribution in [0.5, 0.6) is 0 Å². The van der Waals surface area contributed by atoms with Crippen LogP contribution >= 0.6 is 0 Å². The van der Waals surface area contributed by atoms with Gasteiger partial charge in [-0.15, -0.1) is 0 Å². The number of hydrogen-bond donors (Lipinski definition) is 1. The van der Waals surface area contributed by atoms with Gasteiger partial charge in [-0.05, 0) is 18.9 Å². The molecule has 0 fully saturated rings. The Hall–Kier alpha value is -1.35. The molecule has 1 aromatic rings. The lowest BCUT2D eigenvalue weighted by molar-refractivity contribution is -0.143. The summed E-state index contributed by atoms with van der Waals surface area (Å²) in [4.78, 5) is 10.5. The second-order valence-corrected chi connectivity index (χ2v) is 3.55. The Kier molecular flexibility index (Phi) is 4.84. The summed E-state index contributed by atoms with van der Waals surface area (Å²) in [6, 6.07) is 10.00. The van der Waals surface area contributed by atoms with E-state index in [1.54, 1.807) is 6.92 Å². The van der Waals surface area contributed by atoms with Gasteiger partial charge in [-0.2, -0.15) is 0 Å². The first-order valence-corrected chi connectivity index (χ1v) is 5.04. The third-order valence-corrected chi connectivity index (χ3v) is 2.17. The van der Waals surface area contributed by atoms with E-state index in [2.05, 4.69) is 0 Å². The van der Waals surface area contributed by atoms with Crippen LogP contribution in [0.25, 0.3) is 0 Å². The predicted octanol–water partition coefficient (Wildman–Crippen LogP) is 1.97. The van der Waals surface area contributed by atoms with Gasteiger partial charge in [0.2, 0.25) is 0 Å². The molecule has 0 heterocycles. The van der Waals surface area contributed by atoms with E-state index < -0.39 is 11.9 Å². The summed E-state index contributed by atoms with van der Waals surface area (Å²) in [5.41, 5.74) is 1.21. The van der Waals surface area contributed by atoms with Crippen molar-refractivity contribution in [2.75, 3.05) is 13.2 Å². The number of ether oxygens (including phenoxy) is 1. The SMILES string of the molecule is CC(COCCc1ccccc1)C(=O)O. The largest absolute Gasteiger partial charge is 0.481 e. The molecule has 1 unspecified atom stereocenters. The van der Waals surface area contributed by atoms with Crippen LogP contribution in [0.4, 0.5) is 0 Å². The minimum Gasteiger partial charge on any atom is -0.481 e. The molecule has 0 saturated carbocycles. The smallest absolute Gasteiger partial charge is 0.308 e. The lowest BCUT2D eigenvalue weighted by Gasteiger charge is -2.07. The van der Waals surface area contributed by atoms with Gasteiger partial charge >= 0.3 is 5.97 Å². The van der Waals surface area contributed by atoms with E-state index in [1.165, 1.54) is 5.56 Å². The highest BCUT2D eigenvalue weighted by Crippen LogP contribution is 2.01. The van der Waals surface area contributed by atoms with Gasteiger partial charge in [0, 0.05) is 0 Å². The molecule has 0 radical (unpaired) electrons. The topological polar surface area (TPSA) is 46.5 Å². The highest BCUT2D eigenvalue weighted by atomic mass is 16.5. The maximum absolute atomic E-state index is 10.5. The average Bonchev–Trinajstić information content (AvgIpc) is 2.25. The van der Waals surface area contributed by atoms with Crippen LogP contribution in [0.2, 0.25) is 0 Å². The number of carboxylic acid groups (broad SMARTS) is 1. The molecule has 3 nitrogen and oxygen atoms in total. The first-order chi connectivity index (χ1) is 7.20. The van der Waals surface area contributed by atoms with Crippen LogP contribution in [-0.2, 0) is 16.0 Å². The Bertz CT molecular complexity index is 295. The lowest BCUT2D eigenvalue weighted by atomic mass is 10.2. The minimum atomic E-state index is -0.810. The molecule has 0 spiro atoms. The van der Waals surface area contributed by atoms with Gasteiger partial charge in [-0.25, -0.2) is 0 Å². The standard InChI is InChI=1S/C12H16O3/c1-10(12(13)14)9-15-8-7-11-5-3-2-4-6-11/h2-6,10H,7-9H2,1H3,(H,13,14). The number of rotatable bonds is 6. The maximum Gasteiger partial charge on any atom is 0.308 e. The van der Waals surface area contributed by atoms with Gasteiger partial charge in [0.05, 0.1) is 19.1 Å². The zero-order chi connectivity index (χ0) is 11.1. The van der Waals surface area contributed by atoms with E-state index in [9.17, 15) is 4.79 Å². The van der Waals surface area contributed by atoms with Crippen molar-refractivity contribution in [3.8, 4) is 0 Å². The molecule has 1 N–H and O–H groups in total. The monoisotopic (exact) mass is 208 g/mol. The van der Waals surface area contributed by atoms with Crippen molar-refractivity contribution < 1.29 is 14.6 Å². The molecular formula is C12H16O3. The third kappa shape index (κ3) is 4.61. The molecule has 3 heteroatoms. The molecule has 0 saturated heterocycles. The molecule has 1 aromatic carbocycles. The van der Waals surface area contributed by atoms with Crippen molar-refractivity contribution in [1.82, 2.24) is 0 Å². The zero-order valence-corrected chi connectivity index (χ0v) is 8.85. The lowest BCUT2D eigenvalue weighted by Crippen LogP contribution is -2.16. The van der Waals surface area contributed by atoms with Crippen LogP contribution in [0, 0.1) is 5.92 Å². The maximum atomic E-state index is 10.5. The number of benzene rings is 1. The average molecular weight is 208 g/mol. The quantitative estimate of drug-likeness (QED) is 0.727. The molecule has 1 atom stereocenters. The molecule has 0 aliphatic carbocycles. The summed E-state index contributed by atoms with van der Waals surface area (Å²) >= 11 is 0. The second kappa shape index (κ2) is 6.19. The normalized spacial score (nSPS) is 12.3. The van der Waals surface area contributed by atoms with Crippen LogP contribution in [0.15, 0.2) is 30.3 Å². The number of aliphatic carboxylic acids is 1. The highest BCUT2D eigenvalue weighted by Gasteiger charge is 2.09. The van der Waals surface area contributed by atoms with Crippen molar-refractivity contribution in [2.24, 2.45) is 5.92 Å². The van der Waals surface area contributed by atoms with Gasteiger partial charge in [-0.3, -0.25) is 4.79 Å². The van der Waals surface area contributed by atoms with E-state index in [1.807, 2.05) is 30.3 Å². The predicted molar refractivity (Wildman–Crippen MR) is 57.8 cm³/mol. The molecule has 0 aliphatic heterocycles. The highest BCUT2D eigenvalue weighted by molar-refractivity contribution is 5.69. The number of hydrogen-bond acceptors (Lipinski definition) is 2. The first kappa shape index (κ1) is 11.7. The summed E-state index contributed by atoms with van der Waals surface area (Å²) < 4.78 is 5.28. The Morgan fingerprint density at radius 1 is 1.40 bits per heavy atom. The van der Waals surface area contributed by atoms with Crippen molar-refractivity contribution in [1.29, 1.82) is 0 Å². The summed E-state index contributed by atoms with van der Waals surface area (Å²) in [7, 11) is 0. The Labute approximate surface area is 89.7 Å². The Balaban J connectivity index is 2.15. The zero-order valence-electron chi connectivity index (χ0n) is 8.85. The van der Waals surface area contributed by atoms with Gasteiger partial charge < -0.3 is 9.84 Å². The van der Waals surface area contributed by atoms with Gasteiger partial charge in [0.25, 0.3) is 0 Å². The Morgan fingerprint density at radius 3 is 2.67 bits per heavy atom. The van der Waals surface area contributed by atoms with Crippen LogP contribution < -0.4 is 0 Å². The van der Waals surface area contributed by atoms with Crippen LogP contribution in [0.3, 0.4) is 0 Å². The molecule has 0 aromatic heterocycles. The fourth-order valence-corrected chi connectivity index (χ4v) is 1.17. The molecule has 1 rings (SSSR count). The van der Waals surface area contributed by atoms with Gasteiger partial charge in [0.1, 0.15) is 0 Å². The van der Waals surface area contributed by atoms with E-state index in [0.29, 0.717) is 6.61 Å². The van der Waals surface area contributed by atoms with Crippen molar-refractivity contribution in [3.63, 3.8) is 0 Å². The van der Waals surface area contributed by atoms with E-state index in [0.717, 1.165) is 6.42 Å². The summed E-state index contributed by atoms with van der Waals surface area (Å²) in [6.07, 6.45) is 0.827. The van der Waals surface area contributed by atoms with Crippen LogP contribution in [0.1, 0.15) is 12.5 Å². The summed E-state index contributed by atoms with van der Waals surface area (Å²) in [5.74, 6) is -1.24. The van der Waals surface area contributed by atoms with Crippen molar-refractivity contribution >= 4 is 5.97 Å². The number of carboxylic acids is 1. The minimum absolute atomic E-state index is 0.280. The van der Waals surface area contributed by atoms with Crippen molar-refractivity contribution in [3.05, 3.63) is 35.9 Å². The third-order valence-electron chi connectivity index (χ3n) is 2.17. The molecule has 82 valence electrons. The van der Waals surface area contributed by atoms with Crippen LogP contribution in [-0.4, -0.2) is 24.3 Å². The summed E-state index contributed by atoms with van der Waals surface area (Å²) in [5, 5.41) is 8.62. The van der Waals surface area contributed by atoms with E-state index in [-0.39, 0.29) is 6.61 Å².